The highest BCUT2D eigenvalue weighted by Gasteiger charge is 2.14. The number of hydrogen-bond donors (Lipinski definition) is 2. The minimum Gasteiger partial charge on any atom is -0.489 e. The highest BCUT2D eigenvalue weighted by Crippen LogP contribution is 2.22. The fraction of sp³-hybridized carbons (Fsp3) is 0.0385. The molecule has 0 unspecified atom stereocenters. The van der Waals surface area contributed by atoms with Crippen LogP contribution in [-0.2, 0) is 16.2 Å². The van der Waals surface area contributed by atoms with Gasteiger partial charge in [0.25, 0.3) is 0 Å². The number of nitrogens with zero attached hydrogens (tertiary/aromatic N) is 1. The molecule has 0 fully saturated rings. The van der Waals surface area contributed by atoms with Crippen molar-refractivity contribution < 1.29 is 14.3 Å². The standard InChI is InChI=1S/C26H20ClN3O3/c27-21-12-8-19(9-13-21)17-33-22-14-10-18(11-15-22)16-28-30-26(32)25(31)29-24-7-3-5-20-4-1-2-6-23(20)24/h1-16H,17H2,(H,29,31)(H,30,32)/b28-16+. The van der Waals surface area contributed by atoms with Gasteiger partial charge in [-0.25, -0.2) is 5.43 Å². The van der Waals surface area contributed by atoms with Crippen molar-refractivity contribution >= 4 is 46.1 Å². The number of nitrogens with one attached hydrogen (secondary N) is 2. The number of ether oxygens (including phenoxy) is 1. The molecular weight excluding hydrogens is 438 g/mol. The fourth-order valence-corrected chi connectivity index (χ4v) is 3.25. The molecule has 0 aliphatic rings. The molecule has 0 aromatic heterocycles. The van der Waals surface area contributed by atoms with E-state index >= 15 is 0 Å². The molecule has 0 saturated carbocycles. The van der Waals surface area contributed by atoms with Gasteiger partial charge in [0.1, 0.15) is 12.4 Å². The van der Waals surface area contributed by atoms with Crippen LogP contribution >= 0.6 is 11.6 Å². The molecule has 164 valence electrons. The second-order valence-corrected chi connectivity index (χ2v) is 7.60. The number of halogens is 1. The first-order valence-electron chi connectivity index (χ1n) is 10.2. The first-order chi connectivity index (χ1) is 16.1. The summed E-state index contributed by atoms with van der Waals surface area (Å²) in [6.45, 7) is 0.423. The van der Waals surface area contributed by atoms with Crippen LogP contribution in [0.25, 0.3) is 10.8 Å². The van der Waals surface area contributed by atoms with E-state index in [1.165, 1.54) is 6.21 Å². The van der Waals surface area contributed by atoms with Crippen LogP contribution in [0.4, 0.5) is 5.69 Å². The van der Waals surface area contributed by atoms with E-state index in [9.17, 15) is 9.59 Å². The number of rotatable bonds is 6. The Bertz CT molecular complexity index is 1300. The Hall–Kier alpha value is -4.16. The van der Waals surface area contributed by atoms with Crippen molar-refractivity contribution in [1.29, 1.82) is 0 Å². The van der Waals surface area contributed by atoms with E-state index in [1.807, 2.05) is 60.7 Å². The maximum absolute atomic E-state index is 12.2. The van der Waals surface area contributed by atoms with Gasteiger partial charge < -0.3 is 10.1 Å². The Kier molecular flexibility index (Phi) is 6.97. The van der Waals surface area contributed by atoms with Gasteiger partial charge in [-0.05, 0) is 59.0 Å². The Morgan fingerprint density at radius 1 is 0.848 bits per heavy atom. The molecule has 2 amide bonds. The predicted octanol–water partition coefficient (Wildman–Crippen LogP) is 5.16. The molecule has 0 aliphatic carbocycles. The highest BCUT2D eigenvalue weighted by molar-refractivity contribution is 6.40. The highest BCUT2D eigenvalue weighted by atomic mass is 35.5. The summed E-state index contributed by atoms with van der Waals surface area (Å²) in [6, 6.07) is 27.7. The van der Waals surface area contributed by atoms with Crippen LogP contribution in [-0.4, -0.2) is 18.0 Å². The molecule has 0 radical (unpaired) electrons. The average molecular weight is 458 g/mol. The van der Waals surface area contributed by atoms with E-state index < -0.39 is 11.8 Å². The van der Waals surface area contributed by atoms with E-state index in [1.54, 1.807) is 30.3 Å². The average Bonchev–Trinajstić information content (AvgIpc) is 2.84. The fourth-order valence-electron chi connectivity index (χ4n) is 3.13. The maximum Gasteiger partial charge on any atom is 0.329 e. The molecule has 7 heteroatoms. The van der Waals surface area contributed by atoms with Gasteiger partial charge in [0, 0.05) is 16.1 Å². The van der Waals surface area contributed by atoms with Gasteiger partial charge in [-0.15, -0.1) is 0 Å². The van der Waals surface area contributed by atoms with Gasteiger partial charge in [0.2, 0.25) is 0 Å². The molecule has 4 aromatic rings. The first-order valence-corrected chi connectivity index (χ1v) is 10.6. The molecule has 0 saturated heterocycles. The second-order valence-electron chi connectivity index (χ2n) is 7.16. The van der Waals surface area contributed by atoms with Crippen LogP contribution in [0.5, 0.6) is 5.75 Å². The Morgan fingerprint density at radius 2 is 1.58 bits per heavy atom. The number of anilines is 1. The van der Waals surface area contributed by atoms with Crippen LogP contribution in [0.1, 0.15) is 11.1 Å². The number of hydrazone groups is 1. The van der Waals surface area contributed by atoms with Crippen LogP contribution in [0.3, 0.4) is 0 Å². The molecule has 0 aliphatic heterocycles. The van der Waals surface area contributed by atoms with Gasteiger partial charge in [-0.1, -0.05) is 60.1 Å². The molecular formula is C26H20ClN3O3. The van der Waals surface area contributed by atoms with Crippen molar-refractivity contribution in [2.24, 2.45) is 5.10 Å². The number of hydrogen-bond acceptors (Lipinski definition) is 4. The molecule has 0 bridgehead atoms. The number of benzene rings is 4. The van der Waals surface area contributed by atoms with Crippen molar-refractivity contribution in [2.45, 2.75) is 6.61 Å². The largest absolute Gasteiger partial charge is 0.489 e. The maximum atomic E-state index is 12.2. The van der Waals surface area contributed by atoms with Gasteiger partial charge in [-0.2, -0.15) is 5.10 Å². The lowest BCUT2D eigenvalue weighted by atomic mass is 10.1. The van der Waals surface area contributed by atoms with Crippen molar-refractivity contribution in [2.75, 3.05) is 5.32 Å². The molecule has 0 heterocycles. The first kappa shape index (κ1) is 22.0. The van der Waals surface area contributed by atoms with Crippen molar-refractivity contribution in [3.63, 3.8) is 0 Å². The lowest BCUT2D eigenvalue weighted by Crippen LogP contribution is -2.32. The van der Waals surface area contributed by atoms with Gasteiger partial charge in [0.15, 0.2) is 0 Å². The Morgan fingerprint density at radius 3 is 2.36 bits per heavy atom. The Balaban J connectivity index is 1.28. The number of carbonyl (C=O) groups excluding carboxylic acids is 2. The third-order valence-corrected chi connectivity index (χ3v) is 5.07. The van der Waals surface area contributed by atoms with E-state index in [0.29, 0.717) is 23.1 Å². The molecule has 2 N–H and O–H groups in total. The van der Waals surface area contributed by atoms with E-state index in [2.05, 4.69) is 15.8 Å². The summed E-state index contributed by atoms with van der Waals surface area (Å²) in [6.07, 6.45) is 1.45. The van der Waals surface area contributed by atoms with E-state index in [4.69, 9.17) is 16.3 Å². The molecule has 0 atom stereocenters. The van der Waals surface area contributed by atoms with Gasteiger partial charge >= 0.3 is 11.8 Å². The van der Waals surface area contributed by atoms with Crippen molar-refractivity contribution in [3.8, 4) is 5.75 Å². The van der Waals surface area contributed by atoms with Crippen LogP contribution in [0.15, 0.2) is 96.1 Å². The molecule has 33 heavy (non-hydrogen) atoms. The normalized spacial score (nSPS) is 10.8. The number of carbonyl (C=O) groups is 2. The Labute approximate surface area is 195 Å². The van der Waals surface area contributed by atoms with Gasteiger partial charge in [0.05, 0.1) is 6.21 Å². The van der Waals surface area contributed by atoms with E-state index in [0.717, 1.165) is 21.9 Å². The number of amides is 2. The summed E-state index contributed by atoms with van der Waals surface area (Å²) in [5.74, 6) is -0.961. The second kappa shape index (κ2) is 10.4. The summed E-state index contributed by atoms with van der Waals surface area (Å²) >= 11 is 5.88. The summed E-state index contributed by atoms with van der Waals surface area (Å²) in [4.78, 5) is 24.3. The monoisotopic (exact) mass is 457 g/mol. The molecule has 6 nitrogen and oxygen atoms in total. The van der Waals surface area contributed by atoms with Crippen LogP contribution < -0.4 is 15.5 Å². The minimum atomic E-state index is -0.859. The summed E-state index contributed by atoms with van der Waals surface area (Å²) in [5.41, 5.74) is 4.55. The summed E-state index contributed by atoms with van der Waals surface area (Å²) in [7, 11) is 0. The van der Waals surface area contributed by atoms with Gasteiger partial charge in [-0.3, -0.25) is 9.59 Å². The third-order valence-electron chi connectivity index (χ3n) is 4.82. The molecule has 4 rings (SSSR count). The summed E-state index contributed by atoms with van der Waals surface area (Å²) < 4.78 is 5.74. The van der Waals surface area contributed by atoms with Crippen LogP contribution in [0, 0.1) is 0 Å². The predicted molar refractivity (Wildman–Crippen MR) is 131 cm³/mol. The lowest BCUT2D eigenvalue weighted by molar-refractivity contribution is -0.136. The molecule has 4 aromatic carbocycles. The quantitative estimate of drug-likeness (QED) is 0.238. The smallest absolute Gasteiger partial charge is 0.329 e. The van der Waals surface area contributed by atoms with Crippen molar-refractivity contribution in [3.05, 3.63) is 107 Å². The summed E-state index contributed by atoms with van der Waals surface area (Å²) in [5, 5.41) is 8.98. The zero-order chi connectivity index (χ0) is 23.0. The molecule has 0 spiro atoms. The van der Waals surface area contributed by atoms with E-state index in [-0.39, 0.29) is 0 Å². The van der Waals surface area contributed by atoms with Crippen molar-refractivity contribution in [1.82, 2.24) is 5.43 Å². The van der Waals surface area contributed by atoms with Crippen LogP contribution in [0.2, 0.25) is 5.02 Å². The zero-order valence-electron chi connectivity index (χ0n) is 17.5. The third kappa shape index (κ3) is 5.96. The topological polar surface area (TPSA) is 79.8 Å². The minimum absolute atomic E-state index is 0.423. The number of fused-ring (bicyclic) bond motifs is 1. The SMILES string of the molecule is O=C(N/N=C/c1ccc(OCc2ccc(Cl)cc2)cc1)C(=O)Nc1cccc2ccccc12. The lowest BCUT2D eigenvalue weighted by Gasteiger charge is -2.08. The zero-order valence-corrected chi connectivity index (χ0v) is 18.3.